The Morgan fingerprint density at radius 3 is 2.62 bits per heavy atom. The molecule has 2 amide bonds. The van der Waals surface area contributed by atoms with Crippen LogP contribution in [0.1, 0.15) is 11.1 Å². The molecule has 0 spiro atoms. The molecule has 1 fully saturated rings. The first-order chi connectivity index (χ1) is 13.9. The van der Waals surface area contributed by atoms with Gasteiger partial charge < -0.3 is 4.74 Å². The molecule has 3 rings (SSSR count). The molecule has 0 aliphatic carbocycles. The number of halogens is 2. The summed E-state index contributed by atoms with van der Waals surface area (Å²) in [4.78, 5) is 26.3. The summed E-state index contributed by atoms with van der Waals surface area (Å²) in [6.45, 7) is 3.98. The molecule has 8 heteroatoms. The van der Waals surface area contributed by atoms with Gasteiger partial charge in [-0.05, 0) is 54.2 Å². The Kier molecular flexibility index (Phi) is 6.56. The number of thiocarbonyl (C=S) groups is 1. The third kappa shape index (κ3) is 4.96. The van der Waals surface area contributed by atoms with E-state index in [1.165, 1.54) is 29.2 Å². The van der Waals surface area contributed by atoms with Crippen molar-refractivity contribution >= 4 is 51.2 Å². The van der Waals surface area contributed by atoms with Crippen molar-refractivity contribution in [2.75, 3.05) is 6.54 Å². The van der Waals surface area contributed by atoms with Gasteiger partial charge in [-0.25, -0.2) is 4.39 Å². The Bertz CT molecular complexity index is 1020. The Labute approximate surface area is 181 Å². The minimum Gasteiger partial charge on any atom is -0.488 e. The van der Waals surface area contributed by atoms with Gasteiger partial charge in [0.05, 0.1) is 0 Å². The van der Waals surface area contributed by atoms with Crippen molar-refractivity contribution in [3.8, 4) is 5.75 Å². The molecule has 148 valence electrons. The number of nitrogens with zero attached hydrogens (tertiary/aromatic N) is 1. The lowest BCUT2D eigenvalue weighted by Gasteiger charge is -2.27. The van der Waals surface area contributed by atoms with E-state index in [1.807, 2.05) is 0 Å². The van der Waals surface area contributed by atoms with E-state index in [-0.39, 0.29) is 29.7 Å². The highest BCUT2D eigenvalue weighted by Gasteiger charge is 2.32. The second kappa shape index (κ2) is 9.11. The quantitative estimate of drug-likeness (QED) is 0.297. The summed E-state index contributed by atoms with van der Waals surface area (Å²) in [5.74, 6) is -0.950. The summed E-state index contributed by atoms with van der Waals surface area (Å²) >= 11 is 8.44. The Morgan fingerprint density at radius 2 is 1.93 bits per heavy atom. The van der Waals surface area contributed by atoms with E-state index >= 15 is 0 Å². The van der Waals surface area contributed by atoms with E-state index in [0.717, 1.165) is 10.0 Å². The van der Waals surface area contributed by atoms with Crippen LogP contribution in [0.5, 0.6) is 5.75 Å². The van der Waals surface area contributed by atoms with Crippen molar-refractivity contribution in [2.24, 2.45) is 0 Å². The monoisotopic (exact) mass is 474 g/mol. The van der Waals surface area contributed by atoms with Gasteiger partial charge >= 0.3 is 0 Å². The number of amides is 2. The lowest BCUT2D eigenvalue weighted by molar-refractivity contribution is -0.128. The molecule has 0 aromatic heterocycles. The van der Waals surface area contributed by atoms with Crippen LogP contribution < -0.4 is 10.1 Å². The summed E-state index contributed by atoms with van der Waals surface area (Å²) in [6.07, 6.45) is 2.98. The van der Waals surface area contributed by atoms with E-state index in [1.54, 1.807) is 30.3 Å². The normalized spacial score (nSPS) is 15.4. The molecule has 1 aliphatic heterocycles. The van der Waals surface area contributed by atoms with Gasteiger partial charge in [-0.3, -0.25) is 19.8 Å². The van der Waals surface area contributed by atoms with E-state index < -0.39 is 11.8 Å². The fourth-order valence-electron chi connectivity index (χ4n) is 2.65. The molecule has 5 nitrogen and oxygen atoms in total. The number of carbonyl (C=O) groups excluding carboxylic acids is 2. The van der Waals surface area contributed by atoms with E-state index in [0.29, 0.717) is 11.3 Å². The molecule has 0 bridgehead atoms. The van der Waals surface area contributed by atoms with Crippen LogP contribution >= 0.6 is 28.1 Å². The number of hydrogen-bond donors (Lipinski definition) is 1. The standard InChI is InChI=1S/C21H16BrFN2O3S/c1-2-9-25-20(27)17(19(26)24-21(25)29)11-14-10-15(22)5-8-18(14)28-12-13-3-6-16(23)7-4-13/h2-8,10-11H,1,9,12H2,(H,24,26,29)/b17-11+. The van der Waals surface area contributed by atoms with Crippen LogP contribution in [0.2, 0.25) is 0 Å². The smallest absolute Gasteiger partial charge is 0.265 e. The summed E-state index contributed by atoms with van der Waals surface area (Å²) in [7, 11) is 0. The van der Waals surface area contributed by atoms with Crippen molar-refractivity contribution < 1.29 is 18.7 Å². The summed E-state index contributed by atoms with van der Waals surface area (Å²) in [5.41, 5.74) is 1.25. The molecule has 1 aliphatic rings. The van der Waals surface area contributed by atoms with Crippen LogP contribution in [-0.4, -0.2) is 28.4 Å². The second-order valence-corrected chi connectivity index (χ2v) is 7.42. The van der Waals surface area contributed by atoms with Gasteiger partial charge in [-0.15, -0.1) is 6.58 Å². The molecule has 1 saturated heterocycles. The zero-order valence-electron chi connectivity index (χ0n) is 15.2. The van der Waals surface area contributed by atoms with Crippen LogP contribution in [-0.2, 0) is 16.2 Å². The number of carbonyl (C=O) groups is 2. The van der Waals surface area contributed by atoms with E-state index in [4.69, 9.17) is 17.0 Å². The van der Waals surface area contributed by atoms with Crippen LogP contribution in [0.15, 0.2) is 65.2 Å². The van der Waals surface area contributed by atoms with Crippen molar-refractivity contribution in [1.29, 1.82) is 0 Å². The first-order valence-corrected chi connectivity index (χ1v) is 9.75. The van der Waals surface area contributed by atoms with Gasteiger partial charge in [0, 0.05) is 16.6 Å². The number of hydrogen-bond acceptors (Lipinski definition) is 4. The minimum absolute atomic E-state index is 0.0408. The zero-order chi connectivity index (χ0) is 21.0. The Hall–Kier alpha value is -2.84. The average Bonchev–Trinajstić information content (AvgIpc) is 2.69. The molecule has 1 N–H and O–H groups in total. The van der Waals surface area contributed by atoms with Crippen molar-refractivity contribution in [3.05, 3.63) is 82.1 Å². The molecule has 2 aromatic carbocycles. The van der Waals surface area contributed by atoms with Crippen LogP contribution in [0, 0.1) is 5.82 Å². The second-order valence-electron chi connectivity index (χ2n) is 6.12. The molecule has 29 heavy (non-hydrogen) atoms. The minimum atomic E-state index is -0.579. The largest absolute Gasteiger partial charge is 0.488 e. The predicted molar refractivity (Wildman–Crippen MR) is 116 cm³/mol. The molecule has 1 heterocycles. The van der Waals surface area contributed by atoms with Crippen molar-refractivity contribution in [2.45, 2.75) is 6.61 Å². The van der Waals surface area contributed by atoms with E-state index in [9.17, 15) is 14.0 Å². The van der Waals surface area contributed by atoms with Crippen molar-refractivity contribution in [3.63, 3.8) is 0 Å². The van der Waals surface area contributed by atoms with Gasteiger partial charge in [0.1, 0.15) is 23.7 Å². The van der Waals surface area contributed by atoms with Gasteiger partial charge in [-0.1, -0.05) is 34.1 Å². The lowest BCUT2D eigenvalue weighted by atomic mass is 10.1. The highest BCUT2D eigenvalue weighted by atomic mass is 79.9. The highest BCUT2D eigenvalue weighted by molar-refractivity contribution is 9.10. The maximum atomic E-state index is 13.1. The van der Waals surface area contributed by atoms with Crippen LogP contribution in [0.25, 0.3) is 6.08 Å². The Balaban J connectivity index is 1.90. The molecule has 0 saturated carbocycles. The Morgan fingerprint density at radius 1 is 1.21 bits per heavy atom. The summed E-state index contributed by atoms with van der Waals surface area (Å²) in [5, 5.41) is 2.55. The fourth-order valence-corrected chi connectivity index (χ4v) is 3.28. The van der Waals surface area contributed by atoms with Gasteiger partial charge in [0.15, 0.2) is 5.11 Å². The number of nitrogens with one attached hydrogen (secondary N) is 1. The van der Waals surface area contributed by atoms with E-state index in [2.05, 4.69) is 27.8 Å². The predicted octanol–water partition coefficient (Wildman–Crippen LogP) is 3.98. The third-order valence-electron chi connectivity index (χ3n) is 4.08. The van der Waals surface area contributed by atoms with Crippen LogP contribution in [0.4, 0.5) is 4.39 Å². The SMILES string of the molecule is C=CCN1C(=O)/C(=C/c2cc(Br)ccc2OCc2ccc(F)cc2)C(=O)NC1=S. The molecule has 0 atom stereocenters. The zero-order valence-corrected chi connectivity index (χ0v) is 17.6. The molecular weight excluding hydrogens is 459 g/mol. The summed E-state index contributed by atoms with van der Waals surface area (Å²) in [6, 6.07) is 11.2. The number of benzene rings is 2. The summed E-state index contributed by atoms with van der Waals surface area (Å²) < 4.78 is 19.7. The van der Waals surface area contributed by atoms with Crippen LogP contribution in [0.3, 0.4) is 0 Å². The van der Waals surface area contributed by atoms with Gasteiger partial charge in [0.25, 0.3) is 11.8 Å². The maximum Gasteiger partial charge on any atom is 0.265 e. The molecular formula is C21H16BrFN2O3S. The topological polar surface area (TPSA) is 58.6 Å². The van der Waals surface area contributed by atoms with Crippen molar-refractivity contribution in [1.82, 2.24) is 10.2 Å². The lowest BCUT2D eigenvalue weighted by Crippen LogP contribution is -2.53. The number of rotatable bonds is 6. The maximum absolute atomic E-state index is 13.1. The fraction of sp³-hybridized carbons (Fsp3) is 0.0952. The molecule has 2 aromatic rings. The van der Waals surface area contributed by atoms with Gasteiger partial charge in [-0.2, -0.15) is 0 Å². The van der Waals surface area contributed by atoms with Gasteiger partial charge in [0.2, 0.25) is 0 Å². The highest BCUT2D eigenvalue weighted by Crippen LogP contribution is 2.27. The first kappa shape index (κ1) is 20.9. The average molecular weight is 475 g/mol. The molecule has 0 radical (unpaired) electrons. The number of ether oxygens (including phenoxy) is 1. The third-order valence-corrected chi connectivity index (χ3v) is 4.89. The molecule has 0 unspecified atom stereocenters. The first-order valence-electron chi connectivity index (χ1n) is 8.55.